The zero-order valence-corrected chi connectivity index (χ0v) is 7.56. The first-order valence-corrected chi connectivity index (χ1v) is 4.24. The van der Waals surface area contributed by atoms with Gasteiger partial charge in [-0.2, -0.15) is 0 Å². The van der Waals surface area contributed by atoms with Crippen LogP contribution in [-0.2, 0) is 9.59 Å². The van der Waals surface area contributed by atoms with Crippen LogP contribution in [-0.4, -0.2) is 41.5 Å². The number of carboxylic acid groups (broad SMARTS) is 1. The molecule has 0 aliphatic carbocycles. The second-order valence-corrected chi connectivity index (χ2v) is 3.58. The van der Waals surface area contributed by atoms with Crippen LogP contribution in [0.3, 0.4) is 0 Å². The van der Waals surface area contributed by atoms with Gasteiger partial charge in [-0.1, -0.05) is 6.92 Å². The third kappa shape index (κ3) is 2.42. The van der Waals surface area contributed by atoms with Gasteiger partial charge in [0.2, 0.25) is 5.91 Å². The van der Waals surface area contributed by atoms with E-state index in [4.69, 9.17) is 10.8 Å². The summed E-state index contributed by atoms with van der Waals surface area (Å²) < 4.78 is 0. The van der Waals surface area contributed by atoms with Crippen LogP contribution in [0.25, 0.3) is 0 Å². The number of rotatable bonds is 3. The monoisotopic (exact) mass is 186 g/mol. The molecule has 0 radical (unpaired) electrons. The summed E-state index contributed by atoms with van der Waals surface area (Å²) in [7, 11) is 0. The van der Waals surface area contributed by atoms with Crippen molar-refractivity contribution < 1.29 is 14.7 Å². The normalized spacial score (nSPS) is 29.0. The molecule has 0 bridgehead atoms. The fourth-order valence-corrected chi connectivity index (χ4v) is 1.74. The molecule has 1 aliphatic rings. The van der Waals surface area contributed by atoms with Crippen molar-refractivity contribution in [3.05, 3.63) is 0 Å². The van der Waals surface area contributed by atoms with Crippen molar-refractivity contribution in [2.45, 2.75) is 6.92 Å². The van der Waals surface area contributed by atoms with Crippen molar-refractivity contribution in [2.24, 2.45) is 17.6 Å². The predicted molar refractivity (Wildman–Crippen MR) is 45.9 cm³/mol. The Balaban J connectivity index is 2.50. The highest BCUT2D eigenvalue weighted by molar-refractivity contribution is 5.76. The average Bonchev–Trinajstić information content (AvgIpc) is 2.29. The van der Waals surface area contributed by atoms with Crippen molar-refractivity contribution in [3.63, 3.8) is 0 Å². The van der Waals surface area contributed by atoms with E-state index in [1.165, 1.54) is 0 Å². The molecular formula is C8H14N2O3. The highest BCUT2D eigenvalue weighted by Crippen LogP contribution is 2.22. The van der Waals surface area contributed by atoms with E-state index >= 15 is 0 Å². The highest BCUT2D eigenvalue weighted by Gasteiger charge is 2.34. The van der Waals surface area contributed by atoms with Crippen molar-refractivity contribution >= 4 is 11.9 Å². The molecule has 5 heteroatoms. The molecule has 0 aromatic rings. The van der Waals surface area contributed by atoms with Gasteiger partial charge in [-0.3, -0.25) is 14.5 Å². The smallest absolute Gasteiger partial charge is 0.308 e. The van der Waals surface area contributed by atoms with Crippen LogP contribution < -0.4 is 5.73 Å². The maximum absolute atomic E-state index is 10.7. The van der Waals surface area contributed by atoms with Gasteiger partial charge in [0.1, 0.15) is 0 Å². The zero-order valence-electron chi connectivity index (χ0n) is 7.56. The number of primary amides is 1. The lowest BCUT2D eigenvalue weighted by Crippen LogP contribution is -2.32. The molecular weight excluding hydrogens is 172 g/mol. The van der Waals surface area contributed by atoms with E-state index in [1.807, 2.05) is 6.92 Å². The first-order valence-electron chi connectivity index (χ1n) is 4.24. The number of hydrogen-bond acceptors (Lipinski definition) is 3. The van der Waals surface area contributed by atoms with Crippen LogP contribution in [0.5, 0.6) is 0 Å². The highest BCUT2D eigenvalue weighted by atomic mass is 16.4. The van der Waals surface area contributed by atoms with Crippen LogP contribution in [0.2, 0.25) is 0 Å². The van der Waals surface area contributed by atoms with Crippen LogP contribution in [0, 0.1) is 11.8 Å². The molecule has 0 aromatic carbocycles. The maximum Gasteiger partial charge on any atom is 0.308 e. The number of likely N-dealkylation sites (tertiary alicyclic amines) is 1. The van der Waals surface area contributed by atoms with Gasteiger partial charge in [0.05, 0.1) is 12.5 Å². The molecule has 1 aliphatic heterocycles. The van der Waals surface area contributed by atoms with E-state index in [0.717, 1.165) is 0 Å². The van der Waals surface area contributed by atoms with Gasteiger partial charge < -0.3 is 10.8 Å². The minimum Gasteiger partial charge on any atom is -0.481 e. The molecule has 1 rings (SSSR count). The molecule has 13 heavy (non-hydrogen) atoms. The fourth-order valence-electron chi connectivity index (χ4n) is 1.74. The zero-order chi connectivity index (χ0) is 10.0. The van der Waals surface area contributed by atoms with Gasteiger partial charge in [-0.25, -0.2) is 0 Å². The van der Waals surface area contributed by atoms with E-state index in [1.54, 1.807) is 4.90 Å². The molecule has 1 heterocycles. The quantitative estimate of drug-likeness (QED) is 0.599. The summed E-state index contributed by atoms with van der Waals surface area (Å²) in [6, 6.07) is 0. The predicted octanol–water partition coefficient (Wildman–Crippen LogP) is -0.876. The molecule has 5 nitrogen and oxygen atoms in total. The van der Waals surface area contributed by atoms with Crippen LogP contribution in [0.1, 0.15) is 6.92 Å². The molecule has 1 amide bonds. The summed E-state index contributed by atoms with van der Waals surface area (Å²) in [5.74, 6) is -1.46. The topological polar surface area (TPSA) is 83.6 Å². The SMILES string of the molecule is CC1CN(CC(N)=O)CC1C(=O)O. The fraction of sp³-hybridized carbons (Fsp3) is 0.750. The maximum atomic E-state index is 10.7. The van der Waals surface area contributed by atoms with Gasteiger partial charge in [0, 0.05) is 13.1 Å². The second-order valence-electron chi connectivity index (χ2n) is 3.58. The summed E-state index contributed by atoms with van der Waals surface area (Å²) in [6.07, 6.45) is 0. The number of carboxylic acids is 1. The van der Waals surface area contributed by atoms with E-state index in [9.17, 15) is 9.59 Å². The Hall–Kier alpha value is -1.10. The number of amides is 1. The largest absolute Gasteiger partial charge is 0.481 e. The van der Waals surface area contributed by atoms with E-state index in [-0.39, 0.29) is 18.4 Å². The van der Waals surface area contributed by atoms with E-state index < -0.39 is 11.9 Å². The molecule has 1 saturated heterocycles. The minimum absolute atomic E-state index is 0.0943. The lowest BCUT2D eigenvalue weighted by Gasteiger charge is -2.11. The van der Waals surface area contributed by atoms with E-state index in [0.29, 0.717) is 13.1 Å². The molecule has 1 fully saturated rings. The van der Waals surface area contributed by atoms with E-state index in [2.05, 4.69) is 0 Å². The molecule has 0 aromatic heterocycles. The summed E-state index contributed by atoms with van der Waals surface area (Å²) in [5.41, 5.74) is 5.01. The van der Waals surface area contributed by atoms with Gasteiger partial charge in [0.25, 0.3) is 0 Å². The Kier molecular flexibility index (Phi) is 2.87. The van der Waals surface area contributed by atoms with Crippen molar-refractivity contribution in [2.75, 3.05) is 19.6 Å². The molecule has 2 atom stereocenters. The number of nitrogens with two attached hydrogens (primary N) is 1. The van der Waals surface area contributed by atoms with Crippen molar-refractivity contribution in [3.8, 4) is 0 Å². The lowest BCUT2D eigenvalue weighted by molar-refractivity contribution is -0.142. The molecule has 0 spiro atoms. The third-order valence-electron chi connectivity index (χ3n) is 2.38. The van der Waals surface area contributed by atoms with Crippen molar-refractivity contribution in [1.29, 1.82) is 0 Å². The van der Waals surface area contributed by atoms with Crippen LogP contribution in [0.15, 0.2) is 0 Å². The van der Waals surface area contributed by atoms with Gasteiger partial charge in [-0.15, -0.1) is 0 Å². The van der Waals surface area contributed by atoms with Crippen molar-refractivity contribution in [1.82, 2.24) is 4.90 Å². The molecule has 2 unspecified atom stereocenters. The Bertz CT molecular complexity index is 229. The summed E-state index contributed by atoms with van der Waals surface area (Å²) in [4.78, 5) is 23.1. The van der Waals surface area contributed by atoms with Gasteiger partial charge in [0.15, 0.2) is 0 Å². The average molecular weight is 186 g/mol. The lowest BCUT2D eigenvalue weighted by atomic mass is 9.99. The van der Waals surface area contributed by atoms with Gasteiger partial charge >= 0.3 is 5.97 Å². The summed E-state index contributed by atoms with van der Waals surface area (Å²) in [5, 5.41) is 8.79. The Morgan fingerprint density at radius 2 is 2.15 bits per heavy atom. The Morgan fingerprint density at radius 1 is 1.54 bits per heavy atom. The number of nitrogens with zero attached hydrogens (tertiary/aromatic N) is 1. The standard InChI is InChI=1S/C8H14N2O3/c1-5-2-10(4-7(9)11)3-6(5)8(12)13/h5-6H,2-4H2,1H3,(H2,9,11)(H,12,13). The third-order valence-corrected chi connectivity index (χ3v) is 2.38. The first kappa shape index (κ1) is 9.98. The van der Waals surface area contributed by atoms with Gasteiger partial charge in [-0.05, 0) is 5.92 Å². The first-order chi connectivity index (χ1) is 6.00. The summed E-state index contributed by atoms with van der Waals surface area (Å²) >= 11 is 0. The number of aliphatic carboxylic acids is 1. The number of carbonyl (C=O) groups is 2. The summed E-state index contributed by atoms with van der Waals surface area (Å²) in [6.45, 7) is 3.10. The second kappa shape index (κ2) is 3.74. The van der Waals surface area contributed by atoms with Crippen LogP contribution in [0.4, 0.5) is 0 Å². The van der Waals surface area contributed by atoms with Crippen LogP contribution >= 0.6 is 0 Å². The molecule has 0 saturated carbocycles. The number of carbonyl (C=O) groups excluding carboxylic acids is 1. The molecule has 3 N–H and O–H groups in total. The Morgan fingerprint density at radius 3 is 2.54 bits per heavy atom. The minimum atomic E-state index is -0.792. The Labute approximate surface area is 76.5 Å². The molecule has 74 valence electrons. The number of hydrogen-bond donors (Lipinski definition) is 2.